The van der Waals surface area contributed by atoms with E-state index in [0.29, 0.717) is 25.8 Å². The quantitative estimate of drug-likeness (QED) is 0.0648. The van der Waals surface area contributed by atoms with Gasteiger partial charge in [-0.1, -0.05) is 174 Å². The Morgan fingerprint density at radius 1 is 0.500 bits per heavy atom. The van der Waals surface area contributed by atoms with Crippen LogP contribution in [-0.2, 0) is 9.59 Å². The third-order valence-corrected chi connectivity index (χ3v) is 8.64. The van der Waals surface area contributed by atoms with E-state index in [1.807, 2.05) is 0 Å². The third kappa shape index (κ3) is 30.4. The van der Waals surface area contributed by atoms with E-state index in [1.165, 1.54) is 148 Å². The molecule has 0 aromatic carbocycles. The Morgan fingerprint density at radius 2 is 0.857 bits per heavy atom. The lowest BCUT2D eigenvalue weighted by Crippen LogP contribution is -2.47. The number of carbonyl (C=O) groups is 2. The van der Waals surface area contributed by atoms with Crippen molar-refractivity contribution in [2.45, 2.75) is 213 Å². The molecule has 0 saturated heterocycles. The first-order valence-electron chi connectivity index (χ1n) is 18.8. The molecule has 0 fully saturated rings. The highest BCUT2D eigenvalue weighted by molar-refractivity contribution is 5.87. The van der Waals surface area contributed by atoms with Crippen LogP contribution < -0.4 is 10.6 Å². The molecule has 0 heterocycles. The number of aliphatic hydroxyl groups excluding tert-OH is 1. The van der Waals surface area contributed by atoms with Crippen molar-refractivity contribution < 1.29 is 14.7 Å². The van der Waals surface area contributed by atoms with Crippen molar-refractivity contribution >= 4 is 11.8 Å². The Balaban J connectivity index is 3.74. The molecule has 250 valence electrons. The van der Waals surface area contributed by atoms with Gasteiger partial charge in [-0.25, -0.2) is 0 Å². The SMILES string of the molecule is CCCCCCCCCCCCCCCCCC(=O)N[C@@H](CCCO)C(=O)NCCCCCCCCCCCCCC. The van der Waals surface area contributed by atoms with Crippen molar-refractivity contribution in [3.8, 4) is 0 Å². The molecule has 1 atom stereocenters. The largest absolute Gasteiger partial charge is 0.396 e. The highest BCUT2D eigenvalue weighted by Crippen LogP contribution is 2.14. The van der Waals surface area contributed by atoms with Crippen LogP contribution in [0.25, 0.3) is 0 Å². The first kappa shape index (κ1) is 40.9. The molecule has 0 aliphatic heterocycles. The fraction of sp³-hybridized carbons (Fsp3) is 0.946. The maximum atomic E-state index is 12.7. The Bertz CT molecular complexity index is 569. The summed E-state index contributed by atoms with van der Waals surface area (Å²) in [5.74, 6) is -0.135. The van der Waals surface area contributed by atoms with E-state index >= 15 is 0 Å². The summed E-state index contributed by atoms with van der Waals surface area (Å²) in [6.45, 7) is 5.25. The molecule has 3 N–H and O–H groups in total. The molecule has 5 heteroatoms. The Morgan fingerprint density at radius 3 is 1.24 bits per heavy atom. The van der Waals surface area contributed by atoms with Gasteiger partial charge in [0, 0.05) is 19.6 Å². The monoisotopic (exact) mass is 595 g/mol. The summed E-state index contributed by atoms with van der Waals surface area (Å²) in [6, 6.07) is -0.529. The number of hydrogen-bond donors (Lipinski definition) is 3. The van der Waals surface area contributed by atoms with Gasteiger partial charge >= 0.3 is 0 Å². The number of amides is 2. The number of hydrogen-bond acceptors (Lipinski definition) is 3. The standard InChI is InChI=1S/C37H74N2O3/c1-3-5-7-9-11-13-15-17-18-19-20-22-24-26-28-32-36(41)39-35(31-30-34-40)37(42)38-33-29-27-25-23-21-16-14-12-10-8-6-4-2/h35,40H,3-34H2,1-2H3,(H,38,42)(H,39,41)/t35-/m0/s1. The molecule has 2 amide bonds. The third-order valence-electron chi connectivity index (χ3n) is 8.64. The topological polar surface area (TPSA) is 78.4 Å². The van der Waals surface area contributed by atoms with Crippen molar-refractivity contribution in [3.05, 3.63) is 0 Å². The molecule has 0 spiro atoms. The van der Waals surface area contributed by atoms with Crippen molar-refractivity contribution in [1.29, 1.82) is 0 Å². The van der Waals surface area contributed by atoms with Gasteiger partial charge in [-0.2, -0.15) is 0 Å². The molecule has 0 rings (SSSR count). The second kappa shape index (κ2) is 34.4. The van der Waals surface area contributed by atoms with Gasteiger partial charge < -0.3 is 15.7 Å². The first-order valence-corrected chi connectivity index (χ1v) is 18.8. The van der Waals surface area contributed by atoms with Gasteiger partial charge in [0.2, 0.25) is 11.8 Å². The summed E-state index contributed by atoms with van der Waals surface area (Å²) in [7, 11) is 0. The molecule has 0 aromatic rings. The van der Waals surface area contributed by atoms with Crippen LogP contribution in [0.3, 0.4) is 0 Å². The molecule has 0 aliphatic carbocycles. The van der Waals surface area contributed by atoms with Crippen molar-refractivity contribution in [1.82, 2.24) is 10.6 Å². The highest BCUT2D eigenvalue weighted by atomic mass is 16.3. The Labute approximate surface area is 262 Å². The van der Waals surface area contributed by atoms with E-state index in [0.717, 1.165) is 25.7 Å². The second-order valence-electron chi connectivity index (χ2n) is 12.9. The average molecular weight is 595 g/mol. The first-order chi connectivity index (χ1) is 20.7. The van der Waals surface area contributed by atoms with Gasteiger partial charge in [0.1, 0.15) is 6.04 Å². The fourth-order valence-electron chi connectivity index (χ4n) is 5.79. The van der Waals surface area contributed by atoms with Crippen LogP contribution in [0.1, 0.15) is 206 Å². The van der Waals surface area contributed by atoms with Gasteiger partial charge in [-0.05, 0) is 25.7 Å². The highest BCUT2D eigenvalue weighted by Gasteiger charge is 2.19. The van der Waals surface area contributed by atoms with Gasteiger partial charge in [0.05, 0.1) is 0 Å². The molecular formula is C37H74N2O3. The van der Waals surface area contributed by atoms with E-state index in [9.17, 15) is 14.7 Å². The Hall–Kier alpha value is -1.10. The Kier molecular flexibility index (Phi) is 33.5. The van der Waals surface area contributed by atoms with Crippen LogP contribution in [-0.4, -0.2) is 36.1 Å². The number of carbonyl (C=O) groups excluding carboxylic acids is 2. The summed E-state index contributed by atoms with van der Waals surface area (Å²) < 4.78 is 0. The maximum Gasteiger partial charge on any atom is 0.242 e. The van der Waals surface area contributed by atoms with Crippen molar-refractivity contribution in [3.63, 3.8) is 0 Å². The molecule has 0 saturated carbocycles. The minimum absolute atomic E-state index is 0.0341. The van der Waals surface area contributed by atoms with E-state index in [2.05, 4.69) is 24.5 Å². The molecule has 0 aliphatic rings. The summed E-state index contributed by atoms with van der Waals surface area (Å²) >= 11 is 0. The van der Waals surface area contributed by atoms with Crippen LogP contribution in [0, 0.1) is 0 Å². The van der Waals surface area contributed by atoms with Crippen LogP contribution in [0.15, 0.2) is 0 Å². The summed E-state index contributed by atoms with van der Waals surface area (Å²) in [4.78, 5) is 25.2. The van der Waals surface area contributed by atoms with E-state index < -0.39 is 6.04 Å². The van der Waals surface area contributed by atoms with Gasteiger partial charge in [0.25, 0.3) is 0 Å². The van der Waals surface area contributed by atoms with Gasteiger partial charge in [0.15, 0.2) is 0 Å². The zero-order chi connectivity index (χ0) is 30.8. The van der Waals surface area contributed by atoms with E-state index in [-0.39, 0.29) is 18.4 Å². The zero-order valence-corrected chi connectivity index (χ0v) is 28.5. The maximum absolute atomic E-state index is 12.7. The fourth-order valence-corrected chi connectivity index (χ4v) is 5.79. The molecule has 5 nitrogen and oxygen atoms in total. The summed E-state index contributed by atoms with van der Waals surface area (Å²) in [5.41, 5.74) is 0. The predicted molar refractivity (Wildman–Crippen MR) is 182 cm³/mol. The number of unbranched alkanes of at least 4 members (excludes halogenated alkanes) is 25. The molecule has 0 unspecified atom stereocenters. The van der Waals surface area contributed by atoms with Crippen molar-refractivity contribution in [2.75, 3.05) is 13.2 Å². The van der Waals surface area contributed by atoms with Crippen LogP contribution in [0.5, 0.6) is 0 Å². The van der Waals surface area contributed by atoms with E-state index in [1.54, 1.807) is 0 Å². The molecule has 0 bridgehead atoms. The van der Waals surface area contributed by atoms with Crippen molar-refractivity contribution in [2.24, 2.45) is 0 Å². The van der Waals surface area contributed by atoms with Crippen LogP contribution >= 0.6 is 0 Å². The summed E-state index contributed by atoms with van der Waals surface area (Å²) in [6.07, 6.45) is 36.7. The number of nitrogens with one attached hydrogen (secondary N) is 2. The van der Waals surface area contributed by atoms with Gasteiger partial charge in [-0.3, -0.25) is 9.59 Å². The molecule has 0 radical (unpaired) electrons. The average Bonchev–Trinajstić information content (AvgIpc) is 2.99. The normalized spacial score (nSPS) is 12.0. The second-order valence-corrected chi connectivity index (χ2v) is 12.9. The zero-order valence-electron chi connectivity index (χ0n) is 28.5. The predicted octanol–water partition coefficient (Wildman–Crippen LogP) is 10.3. The number of aliphatic hydroxyl groups is 1. The lowest BCUT2D eigenvalue weighted by molar-refractivity contribution is -0.129. The van der Waals surface area contributed by atoms with Crippen LogP contribution in [0.4, 0.5) is 0 Å². The number of rotatable bonds is 34. The van der Waals surface area contributed by atoms with Gasteiger partial charge in [-0.15, -0.1) is 0 Å². The minimum Gasteiger partial charge on any atom is -0.396 e. The molecule has 0 aromatic heterocycles. The van der Waals surface area contributed by atoms with Crippen LogP contribution in [0.2, 0.25) is 0 Å². The lowest BCUT2D eigenvalue weighted by atomic mass is 10.0. The minimum atomic E-state index is -0.529. The molecule has 42 heavy (non-hydrogen) atoms. The van der Waals surface area contributed by atoms with E-state index in [4.69, 9.17) is 0 Å². The molecular weight excluding hydrogens is 520 g/mol. The summed E-state index contributed by atoms with van der Waals surface area (Å²) in [5, 5.41) is 15.2. The lowest BCUT2D eigenvalue weighted by Gasteiger charge is -2.18. The smallest absolute Gasteiger partial charge is 0.242 e.